The van der Waals surface area contributed by atoms with Crippen LogP contribution in [0.3, 0.4) is 0 Å². The molecule has 0 fully saturated rings. The first-order valence-corrected chi connectivity index (χ1v) is 9.13. The third kappa shape index (κ3) is 7.54. The summed E-state index contributed by atoms with van der Waals surface area (Å²) < 4.78 is 11.4. The lowest BCUT2D eigenvalue weighted by molar-refractivity contribution is -0.136. The quantitative estimate of drug-likeness (QED) is 0.557. The fraction of sp³-hybridized carbons (Fsp3) is 0.318. The predicted octanol–water partition coefficient (Wildman–Crippen LogP) is 3.78. The second kappa shape index (κ2) is 11.8. The van der Waals surface area contributed by atoms with Crippen LogP contribution in [0.25, 0.3) is 6.08 Å². The lowest BCUT2D eigenvalue weighted by atomic mass is 10.1. The molecule has 144 valence electrons. The van der Waals surface area contributed by atoms with Crippen LogP contribution in [0.2, 0.25) is 0 Å². The normalized spacial score (nSPS) is 10.9. The second-order valence-electron chi connectivity index (χ2n) is 6.06. The SMILES string of the molecule is COc1cccc(OCCCc2ccccc2)c1/C=C/CNCCC(=O)O. The minimum Gasteiger partial charge on any atom is -0.496 e. The predicted molar refractivity (Wildman–Crippen MR) is 107 cm³/mol. The van der Waals surface area contributed by atoms with Crippen molar-refractivity contribution in [1.29, 1.82) is 0 Å². The summed E-state index contributed by atoms with van der Waals surface area (Å²) in [5.74, 6) is 0.726. The van der Waals surface area contributed by atoms with Gasteiger partial charge in [0.1, 0.15) is 11.5 Å². The average Bonchev–Trinajstić information content (AvgIpc) is 2.69. The molecule has 0 atom stereocenters. The number of hydrogen-bond acceptors (Lipinski definition) is 4. The van der Waals surface area contributed by atoms with E-state index in [-0.39, 0.29) is 6.42 Å². The molecule has 0 aliphatic carbocycles. The van der Waals surface area contributed by atoms with Crippen molar-refractivity contribution < 1.29 is 19.4 Å². The van der Waals surface area contributed by atoms with Gasteiger partial charge in [0.05, 0.1) is 25.7 Å². The Labute approximate surface area is 160 Å². The molecule has 5 heteroatoms. The number of nitrogens with one attached hydrogen (secondary N) is 1. The zero-order chi connectivity index (χ0) is 19.3. The maximum Gasteiger partial charge on any atom is 0.304 e. The van der Waals surface area contributed by atoms with Crippen LogP contribution in [0.15, 0.2) is 54.6 Å². The highest BCUT2D eigenvalue weighted by Gasteiger charge is 2.07. The van der Waals surface area contributed by atoms with Gasteiger partial charge in [0.2, 0.25) is 0 Å². The molecule has 2 aromatic carbocycles. The number of methoxy groups -OCH3 is 1. The van der Waals surface area contributed by atoms with Crippen molar-refractivity contribution in [1.82, 2.24) is 5.32 Å². The van der Waals surface area contributed by atoms with Crippen LogP contribution in [-0.4, -0.2) is 37.9 Å². The van der Waals surface area contributed by atoms with E-state index >= 15 is 0 Å². The van der Waals surface area contributed by atoms with Crippen molar-refractivity contribution in [2.75, 3.05) is 26.8 Å². The van der Waals surface area contributed by atoms with Crippen molar-refractivity contribution in [2.45, 2.75) is 19.3 Å². The summed E-state index contributed by atoms with van der Waals surface area (Å²) in [4.78, 5) is 10.5. The van der Waals surface area contributed by atoms with Crippen LogP contribution in [0.5, 0.6) is 11.5 Å². The Kier molecular flexibility index (Phi) is 8.93. The number of hydrogen-bond donors (Lipinski definition) is 2. The number of benzene rings is 2. The number of aryl methyl sites for hydroxylation is 1. The fourth-order valence-corrected chi connectivity index (χ4v) is 2.65. The zero-order valence-corrected chi connectivity index (χ0v) is 15.7. The Morgan fingerprint density at radius 3 is 2.63 bits per heavy atom. The lowest BCUT2D eigenvalue weighted by Gasteiger charge is -2.12. The van der Waals surface area contributed by atoms with Gasteiger partial charge in [0.25, 0.3) is 0 Å². The Hall–Kier alpha value is -2.79. The minimum absolute atomic E-state index is 0.109. The van der Waals surface area contributed by atoms with Gasteiger partial charge in [-0.05, 0) is 30.5 Å². The fourth-order valence-electron chi connectivity index (χ4n) is 2.65. The van der Waals surface area contributed by atoms with Crippen LogP contribution in [0.1, 0.15) is 24.0 Å². The van der Waals surface area contributed by atoms with E-state index in [2.05, 4.69) is 17.4 Å². The highest BCUT2D eigenvalue weighted by atomic mass is 16.5. The topological polar surface area (TPSA) is 67.8 Å². The van der Waals surface area contributed by atoms with E-state index in [0.29, 0.717) is 19.7 Å². The van der Waals surface area contributed by atoms with Crippen LogP contribution in [0, 0.1) is 0 Å². The summed E-state index contributed by atoms with van der Waals surface area (Å²) in [6.45, 7) is 1.65. The molecule has 27 heavy (non-hydrogen) atoms. The first-order chi connectivity index (χ1) is 13.2. The molecular formula is C22H27NO4. The molecule has 2 aromatic rings. The monoisotopic (exact) mass is 369 g/mol. The van der Waals surface area contributed by atoms with E-state index in [1.54, 1.807) is 7.11 Å². The smallest absolute Gasteiger partial charge is 0.304 e. The molecule has 0 heterocycles. The van der Waals surface area contributed by atoms with Gasteiger partial charge in [-0.25, -0.2) is 0 Å². The van der Waals surface area contributed by atoms with E-state index in [1.807, 2.05) is 48.6 Å². The second-order valence-corrected chi connectivity index (χ2v) is 6.06. The molecule has 0 spiro atoms. The molecular weight excluding hydrogens is 342 g/mol. The number of aliphatic carboxylic acids is 1. The summed E-state index contributed by atoms with van der Waals surface area (Å²) in [5, 5.41) is 11.7. The highest BCUT2D eigenvalue weighted by Crippen LogP contribution is 2.29. The molecule has 0 aromatic heterocycles. The maximum atomic E-state index is 10.5. The molecule has 0 saturated heterocycles. The highest BCUT2D eigenvalue weighted by molar-refractivity contribution is 5.67. The summed E-state index contributed by atoms with van der Waals surface area (Å²) in [6, 6.07) is 16.1. The standard InChI is InChI=1S/C22H27NO4/c1-26-20-12-5-13-21(19(20)11-6-15-23-16-14-22(24)25)27-17-7-10-18-8-3-2-4-9-18/h2-6,8-9,11-13,23H,7,10,14-17H2,1H3,(H,24,25)/b11-6+. The van der Waals surface area contributed by atoms with Crippen LogP contribution >= 0.6 is 0 Å². The van der Waals surface area contributed by atoms with E-state index in [4.69, 9.17) is 14.6 Å². The summed E-state index contributed by atoms with van der Waals surface area (Å²) in [5.41, 5.74) is 2.19. The third-order valence-electron chi connectivity index (χ3n) is 4.02. The minimum atomic E-state index is -0.803. The van der Waals surface area contributed by atoms with Gasteiger partial charge >= 0.3 is 5.97 Å². The number of carboxylic acids is 1. The summed E-state index contributed by atoms with van der Waals surface area (Å²) in [7, 11) is 1.64. The van der Waals surface area contributed by atoms with Crippen molar-refractivity contribution >= 4 is 12.0 Å². The maximum absolute atomic E-state index is 10.5. The Morgan fingerprint density at radius 1 is 1.11 bits per heavy atom. The molecule has 0 radical (unpaired) electrons. The van der Waals surface area contributed by atoms with Gasteiger partial charge in [-0.2, -0.15) is 0 Å². The van der Waals surface area contributed by atoms with Gasteiger partial charge in [-0.15, -0.1) is 0 Å². The van der Waals surface area contributed by atoms with E-state index in [1.165, 1.54) is 5.56 Å². The van der Waals surface area contributed by atoms with E-state index in [0.717, 1.165) is 29.9 Å². The zero-order valence-electron chi connectivity index (χ0n) is 15.7. The largest absolute Gasteiger partial charge is 0.496 e. The van der Waals surface area contributed by atoms with Gasteiger partial charge in [-0.3, -0.25) is 4.79 Å². The third-order valence-corrected chi connectivity index (χ3v) is 4.02. The van der Waals surface area contributed by atoms with Gasteiger partial charge in [-0.1, -0.05) is 48.6 Å². The van der Waals surface area contributed by atoms with Crippen LogP contribution in [-0.2, 0) is 11.2 Å². The van der Waals surface area contributed by atoms with Gasteiger partial charge < -0.3 is 19.9 Å². The average molecular weight is 369 g/mol. The molecule has 0 bridgehead atoms. The van der Waals surface area contributed by atoms with E-state index < -0.39 is 5.97 Å². The van der Waals surface area contributed by atoms with Crippen molar-refractivity contribution in [3.63, 3.8) is 0 Å². The first-order valence-electron chi connectivity index (χ1n) is 9.13. The molecule has 5 nitrogen and oxygen atoms in total. The lowest BCUT2D eigenvalue weighted by Crippen LogP contribution is -2.17. The summed E-state index contributed by atoms with van der Waals surface area (Å²) in [6.07, 6.45) is 5.90. The Balaban J connectivity index is 1.88. The molecule has 0 saturated carbocycles. The summed E-state index contributed by atoms with van der Waals surface area (Å²) >= 11 is 0. The van der Waals surface area contributed by atoms with Gasteiger partial charge in [0.15, 0.2) is 0 Å². The molecule has 0 unspecified atom stereocenters. The Bertz CT molecular complexity index is 728. The van der Waals surface area contributed by atoms with E-state index in [9.17, 15) is 4.79 Å². The molecule has 0 amide bonds. The van der Waals surface area contributed by atoms with Crippen molar-refractivity contribution in [2.24, 2.45) is 0 Å². The molecule has 0 aliphatic rings. The number of carbonyl (C=O) groups is 1. The molecule has 2 rings (SSSR count). The van der Waals surface area contributed by atoms with Crippen molar-refractivity contribution in [3.05, 3.63) is 65.7 Å². The number of rotatable bonds is 12. The first kappa shape index (κ1) is 20.5. The Morgan fingerprint density at radius 2 is 1.89 bits per heavy atom. The van der Waals surface area contributed by atoms with Crippen LogP contribution in [0.4, 0.5) is 0 Å². The number of ether oxygens (including phenoxy) is 2. The molecule has 0 aliphatic heterocycles. The molecule has 2 N–H and O–H groups in total. The van der Waals surface area contributed by atoms with Crippen LogP contribution < -0.4 is 14.8 Å². The van der Waals surface area contributed by atoms with Gasteiger partial charge in [0, 0.05) is 13.1 Å². The number of carboxylic acid groups (broad SMARTS) is 1. The van der Waals surface area contributed by atoms with Crippen molar-refractivity contribution in [3.8, 4) is 11.5 Å².